The van der Waals surface area contributed by atoms with E-state index in [1.54, 1.807) is 18.3 Å². The number of nitrogens with zero attached hydrogens (tertiary/aromatic N) is 1. The highest BCUT2D eigenvalue weighted by Gasteiger charge is 2.09. The van der Waals surface area contributed by atoms with Crippen LogP contribution in [0.4, 0.5) is 10.1 Å². The number of H-pyrrole nitrogens is 1. The van der Waals surface area contributed by atoms with E-state index < -0.39 is 0 Å². The van der Waals surface area contributed by atoms with Crippen molar-refractivity contribution < 1.29 is 4.39 Å². The number of aromatic amines is 1. The van der Waals surface area contributed by atoms with Gasteiger partial charge in [-0.3, -0.25) is 0 Å². The molecule has 0 unspecified atom stereocenters. The quantitative estimate of drug-likeness (QED) is 0.725. The van der Waals surface area contributed by atoms with E-state index >= 15 is 0 Å². The molecule has 0 aliphatic carbocycles. The van der Waals surface area contributed by atoms with Gasteiger partial charge in [-0.2, -0.15) is 0 Å². The SMILES string of the molecule is Fc1ccc(Br)cc1-c1cnc(CNc2ccccc2)[nH]1. The van der Waals surface area contributed by atoms with Gasteiger partial charge in [0.05, 0.1) is 18.4 Å². The van der Waals surface area contributed by atoms with Crippen molar-refractivity contribution in [1.29, 1.82) is 0 Å². The second-order valence-electron chi connectivity index (χ2n) is 4.59. The van der Waals surface area contributed by atoms with Crippen molar-refractivity contribution >= 4 is 21.6 Å². The molecule has 0 saturated heterocycles. The van der Waals surface area contributed by atoms with Crippen molar-refractivity contribution in [2.45, 2.75) is 6.54 Å². The minimum atomic E-state index is -0.274. The highest BCUT2D eigenvalue weighted by molar-refractivity contribution is 9.10. The Hall–Kier alpha value is -2.14. The first-order valence-electron chi connectivity index (χ1n) is 6.50. The van der Waals surface area contributed by atoms with Gasteiger partial charge in [0.25, 0.3) is 0 Å². The van der Waals surface area contributed by atoms with E-state index in [0.717, 1.165) is 16.0 Å². The molecule has 2 aromatic carbocycles. The normalized spacial score (nSPS) is 10.6. The van der Waals surface area contributed by atoms with Crippen LogP contribution in [0.3, 0.4) is 0 Å². The zero-order chi connectivity index (χ0) is 14.7. The van der Waals surface area contributed by atoms with Crippen molar-refractivity contribution in [1.82, 2.24) is 9.97 Å². The number of aromatic nitrogens is 2. The summed E-state index contributed by atoms with van der Waals surface area (Å²) in [6.45, 7) is 0.555. The third-order valence-electron chi connectivity index (χ3n) is 3.08. The van der Waals surface area contributed by atoms with Crippen LogP contribution in [-0.4, -0.2) is 9.97 Å². The van der Waals surface area contributed by atoms with Crippen LogP contribution >= 0.6 is 15.9 Å². The lowest BCUT2D eigenvalue weighted by Gasteiger charge is -2.04. The zero-order valence-electron chi connectivity index (χ0n) is 11.1. The van der Waals surface area contributed by atoms with E-state index in [2.05, 4.69) is 31.2 Å². The Labute approximate surface area is 130 Å². The largest absolute Gasteiger partial charge is 0.378 e. The maximum absolute atomic E-state index is 13.8. The molecule has 21 heavy (non-hydrogen) atoms. The number of hydrogen-bond donors (Lipinski definition) is 2. The van der Waals surface area contributed by atoms with Crippen LogP contribution in [0.1, 0.15) is 5.82 Å². The van der Waals surface area contributed by atoms with Crippen LogP contribution in [0.15, 0.2) is 59.2 Å². The predicted octanol–water partition coefficient (Wildman–Crippen LogP) is 4.59. The molecule has 3 nitrogen and oxygen atoms in total. The van der Waals surface area contributed by atoms with Gasteiger partial charge in [-0.25, -0.2) is 9.37 Å². The Morgan fingerprint density at radius 3 is 2.76 bits per heavy atom. The molecular formula is C16H13BrFN3. The number of para-hydroxylation sites is 1. The van der Waals surface area contributed by atoms with E-state index in [0.29, 0.717) is 17.8 Å². The molecule has 0 fully saturated rings. The van der Waals surface area contributed by atoms with Crippen LogP contribution < -0.4 is 5.32 Å². The van der Waals surface area contributed by atoms with Crippen LogP contribution in [0.2, 0.25) is 0 Å². The monoisotopic (exact) mass is 345 g/mol. The number of rotatable bonds is 4. The van der Waals surface area contributed by atoms with Gasteiger partial charge in [-0.15, -0.1) is 0 Å². The van der Waals surface area contributed by atoms with Crippen molar-refractivity contribution in [3.05, 3.63) is 70.8 Å². The number of anilines is 1. The summed E-state index contributed by atoms with van der Waals surface area (Å²) in [6, 6.07) is 14.7. The third-order valence-corrected chi connectivity index (χ3v) is 3.57. The summed E-state index contributed by atoms with van der Waals surface area (Å²) in [5.41, 5.74) is 2.19. The summed E-state index contributed by atoms with van der Waals surface area (Å²) in [7, 11) is 0. The lowest BCUT2D eigenvalue weighted by atomic mass is 10.1. The van der Waals surface area contributed by atoms with Gasteiger partial charge < -0.3 is 10.3 Å². The summed E-state index contributed by atoms with van der Waals surface area (Å²) < 4.78 is 14.7. The maximum atomic E-state index is 13.8. The van der Waals surface area contributed by atoms with E-state index in [1.165, 1.54) is 6.07 Å². The van der Waals surface area contributed by atoms with E-state index in [1.807, 2.05) is 30.3 Å². The van der Waals surface area contributed by atoms with Crippen LogP contribution in [-0.2, 0) is 6.54 Å². The van der Waals surface area contributed by atoms with E-state index in [4.69, 9.17) is 0 Å². The highest BCUT2D eigenvalue weighted by atomic mass is 79.9. The minimum Gasteiger partial charge on any atom is -0.378 e. The fourth-order valence-electron chi connectivity index (χ4n) is 2.03. The van der Waals surface area contributed by atoms with Crippen LogP contribution in [0.5, 0.6) is 0 Å². The Morgan fingerprint density at radius 1 is 1.14 bits per heavy atom. The first-order valence-corrected chi connectivity index (χ1v) is 7.30. The van der Waals surface area contributed by atoms with Gasteiger partial charge in [0.15, 0.2) is 0 Å². The summed E-state index contributed by atoms with van der Waals surface area (Å²) >= 11 is 3.35. The molecule has 0 saturated carbocycles. The van der Waals surface area contributed by atoms with Crippen molar-refractivity contribution in [3.63, 3.8) is 0 Å². The zero-order valence-corrected chi connectivity index (χ0v) is 12.7. The summed E-state index contributed by atoms with van der Waals surface area (Å²) in [5, 5.41) is 3.25. The Bertz CT molecular complexity index is 740. The molecule has 0 bridgehead atoms. The Kier molecular flexibility index (Phi) is 4.01. The summed E-state index contributed by atoms with van der Waals surface area (Å²) in [6.07, 6.45) is 1.65. The molecule has 0 spiro atoms. The van der Waals surface area contributed by atoms with Crippen molar-refractivity contribution in [2.24, 2.45) is 0 Å². The number of hydrogen-bond acceptors (Lipinski definition) is 2. The third kappa shape index (κ3) is 3.31. The average Bonchev–Trinajstić information content (AvgIpc) is 2.97. The second kappa shape index (κ2) is 6.10. The van der Waals surface area contributed by atoms with Gasteiger partial charge in [0, 0.05) is 15.7 Å². The van der Waals surface area contributed by atoms with Gasteiger partial charge in [-0.1, -0.05) is 34.1 Å². The predicted molar refractivity (Wildman–Crippen MR) is 85.5 cm³/mol. The standard InChI is InChI=1S/C16H13BrFN3/c17-11-6-7-14(18)13(8-11)15-9-20-16(21-15)10-19-12-4-2-1-3-5-12/h1-9,19H,10H2,(H,20,21). The molecule has 0 aliphatic heterocycles. The molecular weight excluding hydrogens is 333 g/mol. The molecule has 0 amide bonds. The molecule has 0 radical (unpaired) electrons. The molecule has 5 heteroatoms. The fraction of sp³-hybridized carbons (Fsp3) is 0.0625. The van der Waals surface area contributed by atoms with Crippen LogP contribution in [0, 0.1) is 5.82 Å². The maximum Gasteiger partial charge on any atom is 0.132 e. The van der Waals surface area contributed by atoms with Crippen molar-refractivity contribution in [2.75, 3.05) is 5.32 Å². The fourth-order valence-corrected chi connectivity index (χ4v) is 2.40. The molecule has 1 aromatic heterocycles. The summed E-state index contributed by atoms with van der Waals surface area (Å²) in [4.78, 5) is 7.41. The van der Waals surface area contributed by atoms with E-state index in [9.17, 15) is 4.39 Å². The first kappa shape index (κ1) is 13.8. The Morgan fingerprint density at radius 2 is 1.95 bits per heavy atom. The summed E-state index contributed by atoms with van der Waals surface area (Å²) in [5.74, 6) is 0.484. The number of benzene rings is 2. The molecule has 3 rings (SSSR count). The number of imidazole rings is 1. The molecule has 1 heterocycles. The van der Waals surface area contributed by atoms with E-state index in [-0.39, 0.29) is 5.82 Å². The Balaban J connectivity index is 1.76. The molecule has 3 aromatic rings. The van der Waals surface area contributed by atoms with Gasteiger partial charge in [0.1, 0.15) is 11.6 Å². The minimum absolute atomic E-state index is 0.274. The highest BCUT2D eigenvalue weighted by Crippen LogP contribution is 2.24. The topological polar surface area (TPSA) is 40.7 Å². The second-order valence-corrected chi connectivity index (χ2v) is 5.50. The number of halogens is 2. The van der Waals surface area contributed by atoms with Crippen molar-refractivity contribution in [3.8, 4) is 11.3 Å². The lowest BCUT2D eigenvalue weighted by Crippen LogP contribution is -2.00. The molecule has 106 valence electrons. The average molecular weight is 346 g/mol. The molecule has 2 N–H and O–H groups in total. The first-order chi connectivity index (χ1) is 10.2. The number of nitrogens with one attached hydrogen (secondary N) is 2. The van der Waals surface area contributed by atoms with Gasteiger partial charge >= 0.3 is 0 Å². The molecule has 0 atom stereocenters. The van der Waals surface area contributed by atoms with Gasteiger partial charge in [0.2, 0.25) is 0 Å². The molecule has 0 aliphatic rings. The van der Waals surface area contributed by atoms with Gasteiger partial charge in [-0.05, 0) is 30.3 Å². The van der Waals surface area contributed by atoms with Crippen LogP contribution in [0.25, 0.3) is 11.3 Å². The smallest absolute Gasteiger partial charge is 0.132 e. The lowest BCUT2D eigenvalue weighted by molar-refractivity contribution is 0.630.